The minimum absolute atomic E-state index is 0.103. The summed E-state index contributed by atoms with van der Waals surface area (Å²) >= 11 is 0. The molecule has 1 N–H and O–H groups in total. The second-order valence-corrected chi connectivity index (χ2v) is 6.96. The first-order valence-corrected chi connectivity index (χ1v) is 9.57. The number of fused-ring (bicyclic) bond motifs is 1. The van der Waals surface area contributed by atoms with Gasteiger partial charge in [0, 0.05) is 12.4 Å². The number of hydrogen-bond acceptors (Lipinski definition) is 5. The lowest BCUT2D eigenvalue weighted by Gasteiger charge is -2.31. The molecule has 0 aromatic heterocycles. The molecule has 0 bridgehead atoms. The van der Waals surface area contributed by atoms with Gasteiger partial charge in [0.1, 0.15) is 17.5 Å². The summed E-state index contributed by atoms with van der Waals surface area (Å²) in [6.07, 6.45) is 4.51. The highest BCUT2D eigenvalue weighted by Crippen LogP contribution is 2.32. The number of nitrogens with zero attached hydrogens (tertiary/aromatic N) is 2. The summed E-state index contributed by atoms with van der Waals surface area (Å²) < 4.78 is 10.8. The van der Waals surface area contributed by atoms with Crippen LogP contribution in [0, 0.1) is 0 Å². The van der Waals surface area contributed by atoms with E-state index < -0.39 is 0 Å². The number of benzene rings is 2. The lowest BCUT2D eigenvalue weighted by molar-refractivity contribution is -0.134. The van der Waals surface area contributed by atoms with Crippen LogP contribution in [0.1, 0.15) is 30.5 Å². The van der Waals surface area contributed by atoms with Crippen molar-refractivity contribution in [2.24, 2.45) is 0 Å². The van der Waals surface area contributed by atoms with E-state index in [1.807, 2.05) is 60.7 Å². The first kappa shape index (κ1) is 18.4. The lowest BCUT2D eigenvalue weighted by Crippen LogP contribution is -2.47. The van der Waals surface area contributed by atoms with Gasteiger partial charge in [-0.2, -0.15) is 0 Å². The minimum Gasteiger partial charge on any atom is -0.497 e. The topological polar surface area (TPSA) is 54.0 Å². The number of rotatable bonds is 6. The van der Waals surface area contributed by atoms with Crippen LogP contribution >= 0.6 is 0 Å². The Kier molecular flexibility index (Phi) is 5.21. The van der Waals surface area contributed by atoms with Crippen LogP contribution in [0.5, 0.6) is 11.5 Å². The zero-order valence-corrected chi connectivity index (χ0v) is 16.2. The molecule has 0 radical (unpaired) electrons. The van der Waals surface area contributed by atoms with E-state index in [4.69, 9.17) is 9.47 Å². The molecule has 2 atom stereocenters. The van der Waals surface area contributed by atoms with Crippen molar-refractivity contribution in [1.29, 1.82) is 0 Å². The third-order valence-electron chi connectivity index (χ3n) is 5.16. The van der Waals surface area contributed by atoms with E-state index in [9.17, 15) is 4.79 Å². The van der Waals surface area contributed by atoms with Gasteiger partial charge in [-0.1, -0.05) is 24.3 Å². The second kappa shape index (κ2) is 7.94. The Bertz CT molecular complexity index is 866. The van der Waals surface area contributed by atoms with E-state index in [0.717, 1.165) is 29.0 Å². The Morgan fingerprint density at radius 3 is 2.68 bits per heavy atom. The van der Waals surface area contributed by atoms with Gasteiger partial charge in [0.2, 0.25) is 0 Å². The summed E-state index contributed by atoms with van der Waals surface area (Å²) in [5.41, 5.74) is 5.62. The summed E-state index contributed by atoms with van der Waals surface area (Å²) in [4.78, 5) is 14.8. The van der Waals surface area contributed by atoms with Crippen molar-refractivity contribution < 1.29 is 14.3 Å². The van der Waals surface area contributed by atoms with E-state index in [1.54, 1.807) is 12.0 Å². The van der Waals surface area contributed by atoms with Crippen LogP contribution < -0.4 is 14.9 Å². The van der Waals surface area contributed by atoms with Crippen molar-refractivity contribution >= 4 is 5.91 Å². The number of nitrogens with one attached hydrogen (secondary N) is 1. The molecule has 0 spiro atoms. The zero-order valence-electron chi connectivity index (χ0n) is 16.2. The number of carbonyl (C=O) groups excluding carboxylic acids is 1. The first-order valence-electron chi connectivity index (χ1n) is 9.57. The standard InChI is InChI=1S/C22H25N3O3/c1-3-28-18-9-7-17(8-10-18)20-14-21-22(26)24(11-12-25(21)23-20)15-16-5-4-6-19(13-16)27-2/h4-13,20-21,23H,3,14-15H2,1-2H3. The minimum atomic E-state index is -0.202. The summed E-state index contributed by atoms with van der Waals surface area (Å²) in [5.74, 6) is 1.76. The van der Waals surface area contributed by atoms with Crippen molar-refractivity contribution in [3.05, 3.63) is 72.1 Å². The van der Waals surface area contributed by atoms with Gasteiger partial charge in [0.15, 0.2) is 0 Å². The van der Waals surface area contributed by atoms with Gasteiger partial charge in [-0.25, -0.2) is 5.43 Å². The molecule has 1 saturated heterocycles. The zero-order chi connectivity index (χ0) is 19.5. The molecule has 0 saturated carbocycles. The van der Waals surface area contributed by atoms with Crippen molar-refractivity contribution in [2.45, 2.75) is 32.0 Å². The molecule has 1 amide bonds. The monoisotopic (exact) mass is 379 g/mol. The van der Waals surface area contributed by atoms with Crippen molar-refractivity contribution in [2.75, 3.05) is 13.7 Å². The molecular formula is C22H25N3O3. The van der Waals surface area contributed by atoms with Crippen molar-refractivity contribution in [3.8, 4) is 11.5 Å². The largest absolute Gasteiger partial charge is 0.497 e. The fourth-order valence-electron chi connectivity index (χ4n) is 3.72. The summed E-state index contributed by atoms with van der Waals surface area (Å²) in [6.45, 7) is 3.16. The normalized spacial score (nSPS) is 21.0. The predicted octanol–water partition coefficient (Wildman–Crippen LogP) is 3.23. The molecule has 6 nitrogen and oxygen atoms in total. The van der Waals surface area contributed by atoms with Crippen LogP contribution in [0.15, 0.2) is 60.9 Å². The maximum atomic E-state index is 13.0. The lowest BCUT2D eigenvalue weighted by atomic mass is 10.0. The first-order chi connectivity index (χ1) is 13.7. The van der Waals surface area contributed by atoms with Gasteiger partial charge >= 0.3 is 0 Å². The Hall–Kier alpha value is -2.99. The van der Waals surface area contributed by atoms with Gasteiger partial charge in [-0.05, 0) is 48.7 Å². The molecule has 6 heteroatoms. The van der Waals surface area contributed by atoms with Crippen molar-refractivity contribution in [3.63, 3.8) is 0 Å². The highest BCUT2D eigenvalue weighted by molar-refractivity contribution is 5.84. The number of methoxy groups -OCH3 is 1. The molecular weight excluding hydrogens is 354 g/mol. The number of carbonyl (C=O) groups is 1. The van der Waals surface area contributed by atoms with E-state index in [1.165, 1.54) is 0 Å². The van der Waals surface area contributed by atoms with E-state index in [-0.39, 0.29) is 18.0 Å². The summed E-state index contributed by atoms with van der Waals surface area (Å²) in [5, 5.41) is 1.92. The molecule has 2 heterocycles. The molecule has 2 unspecified atom stereocenters. The molecule has 2 aromatic rings. The molecule has 146 valence electrons. The predicted molar refractivity (Wildman–Crippen MR) is 106 cm³/mol. The SMILES string of the molecule is CCOc1ccc(C2CC3C(=O)N(Cc4cccc(OC)c4)C=CN3N2)cc1. The maximum absolute atomic E-state index is 13.0. The van der Waals surface area contributed by atoms with Gasteiger partial charge in [0.05, 0.1) is 26.3 Å². The average Bonchev–Trinajstić information content (AvgIpc) is 3.16. The van der Waals surface area contributed by atoms with Crippen LogP contribution in [-0.4, -0.2) is 35.6 Å². The number of hydrazine groups is 1. The Balaban J connectivity index is 1.44. The van der Waals surface area contributed by atoms with Crippen LogP contribution in [0.25, 0.3) is 0 Å². The molecule has 2 aliphatic heterocycles. The Labute approximate surface area is 165 Å². The number of amides is 1. The average molecular weight is 379 g/mol. The van der Waals surface area contributed by atoms with Crippen LogP contribution in [0.2, 0.25) is 0 Å². The summed E-state index contributed by atoms with van der Waals surface area (Å²) in [7, 11) is 1.65. The van der Waals surface area contributed by atoms with E-state index in [0.29, 0.717) is 13.2 Å². The van der Waals surface area contributed by atoms with Crippen LogP contribution in [-0.2, 0) is 11.3 Å². The molecule has 2 aromatic carbocycles. The van der Waals surface area contributed by atoms with E-state index >= 15 is 0 Å². The number of ether oxygens (including phenoxy) is 2. The third kappa shape index (κ3) is 3.68. The van der Waals surface area contributed by atoms with Gasteiger partial charge < -0.3 is 19.4 Å². The summed E-state index contributed by atoms with van der Waals surface area (Å²) in [6, 6.07) is 15.8. The molecule has 4 rings (SSSR count). The molecule has 28 heavy (non-hydrogen) atoms. The third-order valence-corrected chi connectivity index (χ3v) is 5.16. The molecule has 2 aliphatic rings. The molecule has 0 aliphatic carbocycles. The van der Waals surface area contributed by atoms with Crippen LogP contribution in [0.4, 0.5) is 0 Å². The Morgan fingerprint density at radius 2 is 1.93 bits per heavy atom. The number of hydrogen-bond donors (Lipinski definition) is 1. The molecule has 1 fully saturated rings. The quantitative estimate of drug-likeness (QED) is 0.835. The smallest absolute Gasteiger partial charge is 0.251 e. The fourth-order valence-corrected chi connectivity index (χ4v) is 3.72. The maximum Gasteiger partial charge on any atom is 0.251 e. The van der Waals surface area contributed by atoms with Gasteiger partial charge in [0.25, 0.3) is 5.91 Å². The van der Waals surface area contributed by atoms with Crippen LogP contribution in [0.3, 0.4) is 0 Å². The van der Waals surface area contributed by atoms with Gasteiger partial charge in [-0.3, -0.25) is 4.79 Å². The van der Waals surface area contributed by atoms with Gasteiger partial charge in [-0.15, -0.1) is 0 Å². The Morgan fingerprint density at radius 1 is 1.11 bits per heavy atom. The highest BCUT2D eigenvalue weighted by atomic mass is 16.5. The van der Waals surface area contributed by atoms with E-state index in [2.05, 4.69) is 17.6 Å². The second-order valence-electron chi connectivity index (χ2n) is 6.96. The fraction of sp³-hybridized carbons (Fsp3) is 0.318. The van der Waals surface area contributed by atoms with Crippen molar-refractivity contribution in [1.82, 2.24) is 15.3 Å². The highest BCUT2D eigenvalue weighted by Gasteiger charge is 2.39.